The summed E-state index contributed by atoms with van der Waals surface area (Å²) in [6.45, 7) is 6.85. The fourth-order valence-electron chi connectivity index (χ4n) is 1.81. The van der Waals surface area contributed by atoms with Gasteiger partial charge in [-0.1, -0.05) is 19.1 Å². The Hall–Kier alpha value is -1.46. The molecule has 0 aromatic heterocycles. The smallest absolute Gasteiger partial charge is 0.272 e. The maximum Gasteiger partial charge on any atom is 0.272 e. The Kier molecular flexibility index (Phi) is 5.06. The van der Waals surface area contributed by atoms with E-state index in [1.54, 1.807) is 13.0 Å². The lowest BCUT2D eigenvalue weighted by Gasteiger charge is -2.20. The summed E-state index contributed by atoms with van der Waals surface area (Å²) in [6.07, 6.45) is 0. The van der Waals surface area contributed by atoms with Crippen LogP contribution in [0.4, 0.5) is 5.69 Å². The average Bonchev–Trinajstić information content (AvgIpc) is 2.30. The maximum atomic E-state index is 10.8. The van der Waals surface area contributed by atoms with E-state index < -0.39 is 0 Å². The number of hydrogen-bond donors (Lipinski definition) is 1. The van der Waals surface area contributed by atoms with Crippen LogP contribution in [0.1, 0.15) is 18.1 Å². The minimum atomic E-state index is -0.335. The summed E-state index contributed by atoms with van der Waals surface area (Å²) in [5, 5.41) is 10.8. The summed E-state index contributed by atoms with van der Waals surface area (Å²) in [4.78, 5) is 12.7. The largest absolute Gasteiger partial charge is 0.329 e. The second-order valence-electron chi connectivity index (χ2n) is 3.98. The first kappa shape index (κ1) is 13.6. The van der Waals surface area contributed by atoms with Crippen molar-refractivity contribution in [3.05, 3.63) is 39.4 Å². The van der Waals surface area contributed by atoms with Crippen molar-refractivity contribution in [2.45, 2.75) is 20.4 Å². The van der Waals surface area contributed by atoms with E-state index in [-0.39, 0.29) is 10.6 Å². The molecule has 0 aliphatic heterocycles. The minimum Gasteiger partial charge on any atom is -0.329 e. The molecule has 17 heavy (non-hydrogen) atoms. The molecule has 1 aromatic carbocycles. The van der Waals surface area contributed by atoms with Crippen molar-refractivity contribution < 1.29 is 4.92 Å². The number of likely N-dealkylation sites (N-methyl/N-ethyl adjacent to an activating group) is 1. The summed E-state index contributed by atoms with van der Waals surface area (Å²) < 4.78 is 0. The third-order valence-electron chi connectivity index (χ3n) is 2.90. The topological polar surface area (TPSA) is 72.4 Å². The second kappa shape index (κ2) is 6.32. The summed E-state index contributed by atoms with van der Waals surface area (Å²) >= 11 is 0. The van der Waals surface area contributed by atoms with Gasteiger partial charge in [-0.05, 0) is 19.0 Å². The Labute approximate surface area is 101 Å². The minimum absolute atomic E-state index is 0.186. The summed E-state index contributed by atoms with van der Waals surface area (Å²) in [7, 11) is 0. The normalized spacial score (nSPS) is 10.8. The molecule has 94 valence electrons. The van der Waals surface area contributed by atoms with E-state index in [0.29, 0.717) is 13.1 Å². The third-order valence-corrected chi connectivity index (χ3v) is 2.90. The van der Waals surface area contributed by atoms with E-state index >= 15 is 0 Å². The monoisotopic (exact) mass is 237 g/mol. The zero-order chi connectivity index (χ0) is 12.8. The van der Waals surface area contributed by atoms with Crippen molar-refractivity contribution >= 4 is 5.69 Å². The Bertz CT molecular complexity index is 393. The molecule has 0 heterocycles. The van der Waals surface area contributed by atoms with E-state index in [1.807, 2.05) is 6.07 Å². The fraction of sp³-hybridized carbons (Fsp3) is 0.500. The number of rotatable bonds is 6. The lowest BCUT2D eigenvalue weighted by Crippen LogP contribution is -2.29. The van der Waals surface area contributed by atoms with Gasteiger partial charge in [0.25, 0.3) is 5.69 Å². The van der Waals surface area contributed by atoms with Crippen LogP contribution in [0, 0.1) is 17.0 Å². The van der Waals surface area contributed by atoms with Gasteiger partial charge in [0.2, 0.25) is 0 Å². The highest BCUT2D eigenvalue weighted by Gasteiger charge is 2.14. The molecule has 0 bridgehead atoms. The van der Waals surface area contributed by atoms with Gasteiger partial charge in [-0.25, -0.2) is 0 Å². The quantitative estimate of drug-likeness (QED) is 0.603. The molecule has 0 saturated carbocycles. The van der Waals surface area contributed by atoms with Gasteiger partial charge in [-0.2, -0.15) is 0 Å². The third kappa shape index (κ3) is 3.51. The summed E-state index contributed by atoms with van der Waals surface area (Å²) in [5.41, 5.74) is 7.45. The molecule has 0 aliphatic carbocycles. The Morgan fingerprint density at radius 1 is 1.47 bits per heavy atom. The molecule has 5 nitrogen and oxygen atoms in total. The molecule has 1 aromatic rings. The van der Waals surface area contributed by atoms with E-state index in [1.165, 1.54) is 6.07 Å². The van der Waals surface area contributed by atoms with Crippen LogP contribution in [0.15, 0.2) is 18.2 Å². The first-order valence-corrected chi connectivity index (χ1v) is 5.75. The van der Waals surface area contributed by atoms with Gasteiger partial charge in [-0.3, -0.25) is 15.0 Å². The average molecular weight is 237 g/mol. The van der Waals surface area contributed by atoms with Crippen molar-refractivity contribution in [3.63, 3.8) is 0 Å². The van der Waals surface area contributed by atoms with Crippen molar-refractivity contribution in [2.75, 3.05) is 19.6 Å². The van der Waals surface area contributed by atoms with E-state index in [0.717, 1.165) is 24.2 Å². The highest BCUT2D eigenvalue weighted by atomic mass is 16.6. The second-order valence-corrected chi connectivity index (χ2v) is 3.98. The Balaban J connectivity index is 2.91. The highest BCUT2D eigenvalue weighted by Crippen LogP contribution is 2.22. The number of nitrogens with zero attached hydrogens (tertiary/aromatic N) is 2. The van der Waals surface area contributed by atoms with Gasteiger partial charge >= 0.3 is 0 Å². The van der Waals surface area contributed by atoms with Crippen LogP contribution in [0.25, 0.3) is 0 Å². The van der Waals surface area contributed by atoms with Crippen molar-refractivity contribution in [1.29, 1.82) is 0 Å². The number of benzene rings is 1. The molecule has 5 heteroatoms. The van der Waals surface area contributed by atoms with Crippen molar-refractivity contribution in [1.82, 2.24) is 4.90 Å². The molecule has 0 amide bonds. The van der Waals surface area contributed by atoms with Gasteiger partial charge in [0.05, 0.1) is 4.92 Å². The summed E-state index contributed by atoms with van der Waals surface area (Å²) in [5.74, 6) is 0. The maximum absolute atomic E-state index is 10.8. The molecule has 0 spiro atoms. The van der Waals surface area contributed by atoms with Gasteiger partial charge in [0, 0.05) is 31.3 Å². The van der Waals surface area contributed by atoms with Gasteiger partial charge in [0.15, 0.2) is 0 Å². The van der Waals surface area contributed by atoms with Crippen LogP contribution in [0.3, 0.4) is 0 Å². The number of hydrogen-bond acceptors (Lipinski definition) is 4. The molecule has 0 radical (unpaired) electrons. The van der Waals surface area contributed by atoms with Crippen LogP contribution in [-0.4, -0.2) is 29.5 Å². The lowest BCUT2D eigenvalue weighted by molar-refractivity contribution is -0.385. The molecule has 0 unspecified atom stereocenters. The Morgan fingerprint density at radius 3 is 2.71 bits per heavy atom. The SMILES string of the molecule is CCN(CCN)Cc1cccc([N+](=O)[O-])c1C. The standard InChI is InChI=1S/C12H19N3O2/c1-3-14(8-7-13)9-11-5-4-6-12(10(11)2)15(16)17/h4-6H,3,7-9,13H2,1-2H3. The van der Waals surface area contributed by atoms with Gasteiger partial charge in [0.1, 0.15) is 0 Å². The van der Waals surface area contributed by atoms with Crippen molar-refractivity contribution in [2.24, 2.45) is 5.73 Å². The zero-order valence-electron chi connectivity index (χ0n) is 10.3. The van der Waals surface area contributed by atoms with E-state index in [2.05, 4.69) is 11.8 Å². The highest BCUT2D eigenvalue weighted by molar-refractivity contribution is 5.44. The predicted molar refractivity (Wildman–Crippen MR) is 67.8 cm³/mol. The molecule has 0 atom stereocenters. The van der Waals surface area contributed by atoms with Crippen LogP contribution >= 0.6 is 0 Å². The molecule has 1 rings (SSSR count). The number of nitro groups is 1. The van der Waals surface area contributed by atoms with E-state index in [4.69, 9.17) is 5.73 Å². The molecule has 0 aliphatic rings. The molecular weight excluding hydrogens is 218 g/mol. The molecule has 0 saturated heterocycles. The number of nitro benzene ring substituents is 1. The van der Waals surface area contributed by atoms with Crippen molar-refractivity contribution in [3.8, 4) is 0 Å². The molecule has 2 N–H and O–H groups in total. The van der Waals surface area contributed by atoms with Crippen LogP contribution in [0.2, 0.25) is 0 Å². The van der Waals surface area contributed by atoms with E-state index in [9.17, 15) is 10.1 Å². The predicted octanol–water partition coefficient (Wildman–Crippen LogP) is 1.68. The van der Waals surface area contributed by atoms with Gasteiger partial charge < -0.3 is 5.73 Å². The molecule has 0 fully saturated rings. The fourth-order valence-corrected chi connectivity index (χ4v) is 1.81. The summed E-state index contributed by atoms with van der Waals surface area (Å²) in [6, 6.07) is 5.20. The first-order valence-electron chi connectivity index (χ1n) is 5.75. The van der Waals surface area contributed by atoms with Gasteiger partial charge in [-0.15, -0.1) is 0 Å². The van der Waals surface area contributed by atoms with Crippen LogP contribution in [0.5, 0.6) is 0 Å². The lowest BCUT2D eigenvalue weighted by atomic mass is 10.1. The molecular formula is C12H19N3O2. The number of nitrogens with two attached hydrogens (primary N) is 1. The zero-order valence-corrected chi connectivity index (χ0v) is 10.3. The van der Waals surface area contributed by atoms with Crippen LogP contribution < -0.4 is 5.73 Å². The van der Waals surface area contributed by atoms with Crippen LogP contribution in [-0.2, 0) is 6.54 Å². The Morgan fingerprint density at radius 2 is 2.18 bits per heavy atom. The first-order chi connectivity index (χ1) is 8.10.